The minimum absolute atomic E-state index is 0.654. The molecule has 0 saturated heterocycles. The van der Waals surface area contributed by atoms with Crippen LogP contribution in [-0.2, 0) is 0 Å². The first-order valence-electron chi connectivity index (χ1n) is 6.30. The van der Waals surface area contributed by atoms with Crippen LogP contribution in [0.25, 0.3) is 10.8 Å². The summed E-state index contributed by atoms with van der Waals surface area (Å²) >= 11 is 0. The Morgan fingerprint density at radius 3 is 2.25 bits per heavy atom. The molecule has 2 rings (SSSR count). The molecule has 0 radical (unpaired) electrons. The van der Waals surface area contributed by atoms with E-state index >= 15 is 0 Å². The van der Waals surface area contributed by atoms with Gasteiger partial charge in [0, 0.05) is 0 Å². The van der Waals surface area contributed by atoms with E-state index in [1.807, 2.05) is 13.8 Å². The highest BCUT2D eigenvalue weighted by molar-refractivity contribution is 5.86. The van der Waals surface area contributed by atoms with E-state index in [0.29, 0.717) is 5.92 Å². The second-order valence-corrected chi connectivity index (χ2v) is 3.88. The van der Waals surface area contributed by atoms with Gasteiger partial charge in [0.1, 0.15) is 0 Å². The zero-order valence-electron chi connectivity index (χ0n) is 10.8. The van der Waals surface area contributed by atoms with Gasteiger partial charge in [-0.25, -0.2) is 0 Å². The molecule has 16 heavy (non-hydrogen) atoms. The van der Waals surface area contributed by atoms with Gasteiger partial charge in [0.15, 0.2) is 0 Å². The zero-order valence-corrected chi connectivity index (χ0v) is 10.8. The van der Waals surface area contributed by atoms with E-state index in [0.717, 1.165) is 0 Å². The average molecular weight is 214 g/mol. The van der Waals surface area contributed by atoms with Crippen molar-refractivity contribution in [3.05, 3.63) is 48.0 Å². The Morgan fingerprint density at radius 2 is 1.56 bits per heavy atom. The van der Waals surface area contributed by atoms with Crippen LogP contribution in [0.5, 0.6) is 0 Å². The van der Waals surface area contributed by atoms with Gasteiger partial charge in [-0.1, -0.05) is 70.2 Å². The van der Waals surface area contributed by atoms with Crippen molar-refractivity contribution in [2.45, 2.75) is 40.0 Å². The van der Waals surface area contributed by atoms with E-state index in [1.165, 1.54) is 22.8 Å². The molecule has 0 amide bonds. The van der Waals surface area contributed by atoms with Crippen molar-refractivity contribution in [3.8, 4) is 0 Å². The molecule has 0 aliphatic heterocycles. The highest BCUT2D eigenvalue weighted by Crippen LogP contribution is 2.26. The number of fused-ring (bicyclic) bond motifs is 1. The van der Waals surface area contributed by atoms with Crippen molar-refractivity contribution in [1.82, 2.24) is 0 Å². The van der Waals surface area contributed by atoms with Crippen LogP contribution in [0.4, 0.5) is 0 Å². The molecule has 86 valence electrons. The molecule has 1 unspecified atom stereocenters. The van der Waals surface area contributed by atoms with Crippen LogP contribution < -0.4 is 0 Å². The predicted molar refractivity (Wildman–Crippen MR) is 74.0 cm³/mol. The highest BCUT2D eigenvalue weighted by atomic mass is 14.1. The van der Waals surface area contributed by atoms with E-state index in [4.69, 9.17) is 0 Å². The third-order valence-corrected chi connectivity index (χ3v) is 2.97. The topological polar surface area (TPSA) is 0 Å². The molecule has 0 spiro atoms. The van der Waals surface area contributed by atoms with Gasteiger partial charge in [0.25, 0.3) is 0 Å². The predicted octanol–water partition coefficient (Wildman–Crippen LogP) is 5.38. The van der Waals surface area contributed by atoms with Gasteiger partial charge in [-0.2, -0.15) is 0 Å². The largest absolute Gasteiger partial charge is 0.0683 e. The summed E-state index contributed by atoms with van der Waals surface area (Å²) < 4.78 is 0. The quantitative estimate of drug-likeness (QED) is 0.629. The summed E-state index contributed by atoms with van der Waals surface area (Å²) in [6.07, 6.45) is 1.20. The second-order valence-electron chi connectivity index (χ2n) is 3.88. The molecule has 0 saturated carbocycles. The third kappa shape index (κ3) is 2.63. The van der Waals surface area contributed by atoms with Crippen LogP contribution in [0.15, 0.2) is 42.5 Å². The van der Waals surface area contributed by atoms with Gasteiger partial charge in [-0.3, -0.25) is 0 Å². The third-order valence-electron chi connectivity index (χ3n) is 2.97. The van der Waals surface area contributed by atoms with E-state index in [1.54, 1.807) is 0 Å². The summed E-state index contributed by atoms with van der Waals surface area (Å²) in [5.41, 5.74) is 1.48. The van der Waals surface area contributed by atoms with Gasteiger partial charge in [-0.05, 0) is 28.7 Å². The van der Waals surface area contributed by atoms with Crippen LogP contribution in [0.3, 0.4) is 0 Å². The smallest absolute Gasteiger partial charge is 0.0149 e. The van der Waals surface area contributed by atoms with Crippen LogP contribution in [0, 0.1) is 0 Å². The lowest BCUT2D eigenvalue weighted by Crippen LogP contribution is -1.92. The number of benzene rings is 2. The fourth-order valence-corrected chi connectivity index (χ4v) is 1.90. The molecule has 0 aromatic heterocycles. The standard InChI is InChI=1S/C14H16.C2H6/c1-3-11(2)13-10-6-8-12-7-4-5-9-14(12)13;1-2/h4-11H,3H2,1-2H3;1-2H3. The summed E-state index contributed by atoms with van der Waals surface area (Å²) in [7, 11) is 0. The maximum absolute atomic E-state index is 2.29. The number of hydrogen-bond donors (Lipinski definition) is 0. The molecule has 0 bridgehead atoms. The number of rotatable bonds is 2. The first kappa shape index (κ1) is 12.8. The van der Waals surface area contributed by atoms with E-state index in [2.05, 4.69) is 56.3 Å². The van der Waals surface area contributed by atoms with Crippen molar-refractivity contribution in [1.29, 1.82) is 0 Å². The SMILES string of the molecule is CC.CCC(C)c1cccc2ccccc12. The van der Waals surface area contributed by atoms with Gasteiger partial charge >= 0.3 is 0 Å². The molecule has 1 atom stereocenters. The molecule has 0 aliphatic rings. The summed E-state index contributed by atoms with van der Waals surface area (Å²) in [5, 5.41) is 2.76. The molecule has 0 aliphatic carbocycles. The normalized spacial score (nSPS) is 11.8. The number of hydrogen-bond acceptors (Lipinski definition) is 0. The zero-order chi connectivity index (χ0) is 12.0. The van der Waals surface area contributed by atoms with Crippen molar-refractivity contribution in [2.24, 2.45) is 0 Å². The Kier molecular flexibility index (Phi) is 5.04. The lowest BCUT2D eigenvalue weighted by molar-refractivity contribution is 0.740. The van der Waals surface area contributed by atoms with Gasteiger partial charge in [-0.15, -0.1) is 0 Å². The fourth-order valence-electron chi connectivity index (χ4n) is 1.90. The molecule has 0 fully saturated rings. The first-order valence-corrected chi connectivity index (χ1v) is 6.30. The lowest BCUT2D eigenvalue weighted by atomic mass is 9.93. The molecule has 2 aromatic carbocycles. The van der Waals surface area contributed by atoms with E-state index < -0.39 is 0 Å². The van der Waals surface area contributed by atoms with Crippen molar-refractivity contribution < 1.29 is 0 Å². The summed E-state index contributed by atoms with van der Waals surface area (Å²) in [4.78, 5) is 0. The fraction of sp³-hybridized carbons (Fsp3) is 0.375. The van der Waals surface area contributed by atoms with Crippen LogP contribution in [-0.4, -0.2) is 0 Å². The Labute approximate surface area is 99.3 Å². The second kappa shape index (κ2) is 6.32. The molecular formula is C16H22. The Morgan fingerprint density at radius 1 is 0.938 bits per heavy atom. The van der Waals surface area contributed by atoms with Gasteiger partial charge in [0.2, 0.25) is 0 Å². The first-order chi connectivity index (χ1) is 7.83. The maximum Gasteiger partial charge on any atom is -0.0149 e. The molecule has 0 heteroatoms. The van der Waals surface area contributed by atoms with E-state index in [-0.39, 0.29) is 0 Å². The van der Waals surface area contributed by atoms with Crippen LogP contribution in [0.1, 0.15) is 45.6 Å². The van der Waals surface area contributed by atoms with Crippen LogP contribution >= 0.6 is 0 Å². The van der Waals surface area contributed by atoms with Gasteiger partial charge < -0.3 is 0 Å². The van der Waals surface area contributed by atoms with Crippen LogP contribution in [0.2, 0.25) is 0 Å². The van der Waals surface area contributed by atoms with E-state index in [9.17, 15) is 0 Å². The minimum Gasteiger partial charge on any atom is -0.0683 e. The molecule has 2 aromatic rings. The van der Waals surface area contributed by atoms with Crippen molar-refractivity contribution in [3.63, 3.8) is 0 Å². The Hall–Kier alpha value is -1.30. The minimum atomic E-state index is 0.654. The summed E-state index contributed by atoms with van der Waals surface area (Å²) in [5.74, 6) is 0.654. The lowest BCUT2D eigenvalue weighted by Gasteiger charge is -2.12. The Bertz CT molecular complexity index is 423. The summed E-state index contributed by atoms with van der Waals surface area (Å²) in [6.45, 7) is 8.54. The Balaban J connectivity index is 0.000000606. The highest BCUT2D eigenvalue weighted by Gasteiger charge is 2.05. The van der Waals surface area contributed by atoms with Gasteiger partial charge in [0.05, 0.1) is 0 Å². The van der Waals surface area contributed by atoms with Crippen molar-refractivity contribution in [2.75, 3.05) is 0 Å². The summed E-state index contributed by atoms with van der Waals surface area (Å²) in [6, 6.07) is 15.2. The molecule has 0 N–H and O–H groups in total. The maximum atomic E-state index is 2.29. The molecule has 0 nitrogen and oxygen atoms in total. The monoisotopic (exact) mass is 214 g/mol. The molecule has 0 heterocycles. The molecular weight excluding hydrogens is 192 g/mol. The average Bonchev–Trinajstić information content (AvgIpc) is 2.39. The van der Waals surface area contributed by atoms with Crippen molar-refractivity contribution >= 4 is 10.8 Å².